The Morgan fingerprint density at radius 3 is 2.69 bits per heavy atom. The third-order valence-electron chi connectivity index (χ3n) is 3.83. The molecule has 3 rings (SSSR count). The van der Waals surface area contributed by atoms with E-state index in [1.165, 1.54) is 24.7 Å². The van der Waals surface area contributed by atoms with Crippen molar-refractivity contribution in [3.8, 4) is 11.5 Å². The summed E-state index contributed by atoms with van der Waals surface area (Å²) in [5.74, 6) is 1.35. The minimum atomic E-state index is -0.801. The van der Waals surface area contributed by atoms with Gasteiger partial charge in [0, 0.05) is 15.3 Å². The van der Waals surface area contributed by atoms with Crippen LogP contribution in [0.3, 0.4) is 0 Å². The molecule has 0 bridgehead atoms. The summed E-state index contributed by atoms with van der Waals surface area (Å²) in [6, 6.07) is 12.2. The molecule has 1 amide bonds. The van der Waals surface area contributed by atoms with Gasteiger partial charge in [0.2, 0.25) is 0 Å². The van der Waals surface area contributed by atoms with Crippen molar-refractivity contribution in [2.75, 3.05) is 14.2 Å². The van der Waals surface area contributed by atoms with Crippen LogP contribution in [0.25, 0.3) is 0 Å². The van der Waals surface area contributed by atoms with Crippen molar-refractivity contribution in [1.82, 2.24) is 5.32 Å². The Bertz CT molecular complexity index is 872. The highest BCUT2D eigenvalue weighted by molar-refractivity contribution is 7.12. The van der Waals surface area contributed by atoms with Gasteiger partial charge in [-0.3, -0.25) is 4.79 Å². The van der Waals surface area contributed by atoms with Crippen LogP contribution in [-0.2, 0) is 6.54 Å². The maximum absolute atomic E-state index is 12.3. The summed E-state index contributed by atoms with van der Waals surface area (Å²) in [6.45, 7) is 0.364. The van der Waals surface area contributed by atoms with Crippen LogP contribution in [0.2, 0.25) is 0 Å². The molecular weight excluding hydrogens is 354 g/mol. The molecule has 0 aliphatic carbocycles. The lowest BCUT2D eigenvalue weighted by molar-refractivity contribution is 0.0951. The molecular formula is C19H19NO5S. The summed E-state index contributed by atoms with van der Waals surface area (Å²) in [5.41, 5.74) is 0.482. The molecule has 0 spiro atoms. The van der Waals surface area contributed by atoms with E-state index in [1.807, 2.05) is 12.1 Å². The molecule has 3 aromatic rings. The number of methoxy groups -OCH3 is 2. The zero-order valence-electron chi connectivity index (χ0n) is 14.4. The van der Waals surface area contributed by atoms with Crippen molar-refractivity contribution in [1.29, 1.82) is 0 Å². The number of rotatable bonds is 7. The lowest BCUT2D eigenvalue weighted by atomic mass is 10.2. The maximum atomic E-state index is 12.3. The fourth-order valence-corrected chi connectivity index (χ4v) is 3.42. The van der Waals surface area contributed by atoms with Crippen molar-refractivity contribution in [2.45, 2.75) is 12.6 Å². The van der Waals surface area contributed by atoms with E-state index in [0.717, 1.165) is 9.75 Å². The van der Waals surface area contributed by atoms with Crippen LogP contribution < -0.4 is 14.8 Å². The molecule has 1 aromatic carbocycles. The number of amides is 1. The molecule has 0 saturated heterocycles. The highest BCUT2D eigenvalue weighted by Gasteiger charge is 2.16. The van der Waals surface area contributed by atoms with Gasteiger partial charge < -0.3 is 24.3 Å². The van der Waals surface area contributed by atoms with E-state index in [9.17, 15) is 9.90 Å². The Morgan fingerprint density at radius 2 is 2.00 bits per heavy atom. The van der Waals surface area contributed by atoms with Gasteiger partial charge in [-0.25, -0.2) is 0 Å². The second-order valence-electron chi connectivity index (χ2n) is 5.47. The fourth-order valence-electron chi connectivity index (χ4n) is 2.47. The minimum Gasteiger partial charge on any atom is -0.493 e. The van der Waals surface area contributed by atoms with E-state index >= 15 is 0 Å². The van der Waals surface area contributed by atoms with Crippen molar-refractivity contribution in [3.05, 3.63) is 69.8 Å². The topological polar surface area (TPSA) is 80.9 Å². The van der Waals surface area contributed by atoms with Crippen LogP contribution in [0.15, 0.2) is 53.1 Å². The molecule has 0 aliphatic rings. The van der Waals surface area contributed by atoms with E-state index in [2.05, 4.69) is 5.32 Å². The number of furan rings is 1. The van der Waals surface area contributed by atoms with Crippen LogP contribution in [0.5, 0.6) is 11.5 Å². The van der Waals surface area contributed by atoms with Crippen molar-refractivity contribution in [3.63, 3.8) is 0 Å². The number of aliphatic hydroxyl groups excluding tert-OH is 1. The third-order valence-corrected chi connectivity index (χ3v) is 4.97. The summed E-state index contributed by atoms with van der Waals surface area (Å²) >= 11 is 1.42. The third kappa shape index (κ3) is 3.89. The molecule has 2 N–H and O–H groups in total. The van der Waals surface area contributed by atoms with Crippen LogP contribution in [-0.4, -0.2) is 25.2 Å². The number of ether oxygens (including phenoxy) is 2. The van der Waals surface area contributed by atoms with Crippen molar-refractivity contribution >= 4 is 17.2 Å². The van der Waals surface area contributed by atoms with Gasteiger partial charge in [0.25, 0.3) is 5.91 Å². The maximum Gasteiger partial charge on any atom is 0.251 e. The second kappa shape index (κ2) is 8.07. The summed E-state index contributed by atoms with van der Waals surface area (Å²) < 4.78 is 15.6. The molecule has 26 heavy (non-hydrogen) atoms. The van der Waals surface area contributed by atoms with Gasteiger partial charge in [0.05, 0.1) is 27.0 Å². The minimum absolute atomic E-state index is 0.215. The average molecular weight is 373 g/mol. The van der Waals surface area contributed by atoms with E-state index < -0.39 is 6.10 Å². The van der Waals surface area contributed by atoms with Gasteiger partial charge in [-0.2, -0.15) is 0 Å². The Labute approximate surface area is 155 Å². The first kappa shape index (κ1) is 18.0. The Balaban J connectivity index is 1.63. The van der Waals surface area contributed by atoms with E-state index in [1.54, 1.807) is 37.4 Å². The average Bonchev–Trinajstić information content (AvgIpc) is 3.36. The van der Waals surface area contributed by atoms with Gasteiger partial charge in [0.1, 0.15) is 11.9 Å². The summed E-state index contributed by atoms with van der Waals surface area (Å²) in [6.07, 6.45) is 0.724. The van der Waals surface area contributed by atoms with Crippen molar-refractivity contribution in [2.24, 2.45) is 0 Å². The number of nitrogens with one attached hydrogen (secondary N) is 1. The van der Waals surface area contributed by atoms with E-state index in [0.29, 0.717) is 29.4 Å². The first-order valence-electron chi connectivity index (χ1n) is 7.92. The fraction of sp³-hybridized carbons (Fsp3) is 0.211. The van der Waals surface area contributed by atoms with Crippen molar-refractivity contribution < 1.29 is 23.8 Å². The first-order valence-corrected chi connectivity index (χ1v) is 8.74. The van der Waals surface area contributed by atoms with Gasteiger partial charge in [-0.1, -0.05) is 0 Å². The molecule has 2 heterocycles. The predicted octanol–water partition coefficient (Wildman–Crippen LogP) is 3.37. The summed E-state index contributed by atoms with van der Waals surface area (Å²) in [7, 11) is 3.07. The molecule has 1 atom stereocenters. The standard InChI is InChI=1S/C19H19NO5S/c1-23-14-7-5-12(10-16(14)24-2)19(22)20-11-13-6-8-17(26-13)18(21)15-4-3-9-25-15/h3-10,18,21H,11H2,1-2H3,(H,20,22). The van der Waals surface area contributed by atoms with Crippen LogP contribution in [0, 0.1) is 0 Å². The number of hydrogen-bond donors (Lipinski definition) is 2. The monoisotopic (exact) mass is 373 g/mol. The number of thiophene rings is 1. The predicted molar refractivity (Wildman–Crippen MR) is 97.8 cm³/mol. The number of carbonyl (C=O) groups is 1. The molecule has 0 radical (unpaired) electrons. The van der Waals surface area contributed by atoms with Gasteiger partial charge in [-0.15, -0.1) is 11.3 Å². The molecule has 2 aromatic heterocycles. The highest BCUT2D eigenvalue weighted by Crippen LogP contribution is 2.29. The van der Waals surface area contributed by atoms with Crippen LogP contribution in [0.4, 0.5) is 0 Å². The quantitative estimate of drug-likeness (QED) is 0.664. The van der Waals surface area contributed by atoms with Gasteiger partial charge in [-0.05, 0) is 42.5 Å². The largest absolute Gasteiger partial charge is 0.493 e. The number of carbonyl (C=O) groups excluding carboxylic acids is 1. The van der Waals surface area contributed by atoms with E-state index in [-0.39, 0.29) is 5.91 Å². The molecule has 0 fully saturated rings. The Kier molecular flexibility index (Phi) is 5.60. The Hall–Kier alpha value is -2.77. The zero-order chi connectivity index (χ0) is 18.5. The Morgan fingerprint density at radius 1 is 1.19 bits per heavy atom. The lowest BCUT2D eigenvalue weighted by Gasteiger charge is -2.09. The summed E-state index contributed by atoms with van der Waals surface area (Å²) in [5, 5.41) is 13.1. The molecule has 7 heteroatoms. The van der Waals surface area contributed by atoms with Crippen LogP contribution in [0.1, 0.15) is 32.0 Å². The normalized spacial score (nSPS) is 11.8. The molecule has 0 saturated carbocycles. The lowest BCUT2D eigenvalue weighted by Crippen LogP contribution is -2.22. The number of aliphatic hydroxyl groups is 1. The van der Waals surface area contributed by atoms with Gasteiger partial charge in [0.15, 0.2) is 11.5 Å². The van der Waals surface area contributed by atoms with Crippen LogP contribution >= 0.6 is 11.3 Å². The van der Waals surface area contributed by atoms with Gasteiger partial charge >= 0.3 is 0 Å². The number of benzene rings is 1. The first-order chi connectivity index (χ1) is 12.6. The smallest absolute Gasteiger partial charge is 0.251 e. The molecule has 0 aliphatic heterocycles. The number of hydrogen-bond acceptors (Lipinski definition) is 6. The molecule has 136 valence electrons. The highest BCUT2D eigenvalue weighted by atomic mass is 32.1. The SMILES string of the molecule is COc1ccc(C(=O)NCc2ccc(C(O)c3ccco3)s2)cc1OC. The molecule has 1 unspecified atom stereocenters. The second-order valence-corrected chi connectivity index (χ2v) is 6.67. The summed E-state index contributed by atoms with van der Waals surface area (Å²) in [4.78, 5) is 14.0. The van der Waals surface area contributed by atoms with E-state index in [4.69, 9.17) is 13.9 Å². The zero-order valence-corrected chi connectivity index (χ0v) is 15.2. The molecule has 6 nitrogen and oxygen atoms in total.